The highest BCUT2D eigenvalue weighted by atomic mass is 35.5. The van der Waals surface area contributed by atoms with Crippen LogP contribution in [0.2, 0.25) is 5.02 Å². The Bertz CT molecular complexity index is 1000. The number of amides is 1. The van der Waals surface area contributed by atoms with Crippen LogP contribution in [0.25, 0.3) is 0 Å². The molecule has 1 N–H and O–H groups in total. The van der Waals surface area contributed by atoms with Crippen molar-refractivity contribution >= 4 is 23.7 Å². The van der Waals surface area contributed by atoms with Crippen LogP contribution in [-0.2, 0) is 17.5 Å². The molecule has 1 saturated carbocycles. The summed E-state index contributed by atoms with van der Waals surface area (Å²) >= 11 is 5.96. The highest BCUT2D eigenvalue weighted by molar-refractivity contribution is 6.33. The minimum absolute atomic E-state index is 0.0302. The minimum atomic E-state index is -4.56. The van der Waals surface area contributed by atoms with Gasteiger partial charge in [0.1, 0.15) is 0 Å². The fraction of sp³-hybridized carbons (Fsp3) is 0.500. The molecule has 0 spiro atoms. The maximum atomic E-state index is 13.0. The molecular weight excluding hydrogens is 463 g/mol. The first kappa shape index (κ1) is 24.9. The number of carbonyl (C=O) groups excluding carboxylic acids is 2. The molecule has 0 bridgehead atoms. The molecule has 2 aromatic rings. The van der Waals surface area contributed by atoms with E-state index in [-0.39, 0.29) is 29.2 Å². The maximum Gasteiger partial charge on any atom is 0.515 e. The largest absolute Gasteiger partial charge is 0.515 e. The van der Waals surface area contributed by atoms with Gasteiger partial charge in [-0.3, -0.25) is 4.79 Å². The Hall–Kier alpha value is -2.75. The van der Waals surface area contributed by atoms with Gasteiger partial charge in [0.2, 0.25) is 5.88 Å². The Morgan fingerprint density at radius 2 is 1.94 bits per heavy atom. The second-order valence-electron chi connectivity index (χ2n) is 7.98. The van der Waals surface area contributed by atoms with Gasteiger partial charge >= 0.3 is 12.3 Å². The number of aromatic nitrogens is 2. The molecule has 1 aliphatic rings. The van der Waals surface area contributed by atoms with Crippen molar-refractivity contribution in [3.05, 3.63) is 46.1 Å². The van der Waals surface area contributed by atoms with E-state index in [2.05, 4.69) is 10.4 Å². The third-order valence-corrected chi connectivity index (χ3v) is 5.89. The average molecular weight is 488 g/mol. The van der Waals surface area contributed by atoms with Crippen LogP contribution in [0.5, 0.6) is 5.88 Å². The summed E-state index contributed by atoms with van der Waals surface area (Å²) in [6, 6.07) is 2.53. The zero-order chi connectivity index (χ0) is 24.2. The van der Waals surface area contributed by atoms with E-state index in [1.165, 1.54) is 0 Å². The van der Waals surface area contributed by atoms with Crippen molar-refractivity contribution in [2.75, 3.05) is 6.61 Å². The predicted octanol–water partition coefficient (Wildman–Crippen LogP) is 5.39. The predicted molar refractivity (Wildman–Crippen MR) is 114 cm³/mol. The van der Waals surface area contributed by atoms with Crippen molar-refractivity contribution in [3.8, 4) is 5.88 Å². The first-order chi connectivity index (χ1) is 15.6. The van der Waals surface area contributed by atoms with Crippen molar-refractivity contribution < 1.29 is 32.2 Å². The standard InChI is InChI=1S/C22H25ClF3N3O4/c1-3-32-21(31)33-20-13(2)11-27-29(20)12-14-4-7-16(8-5-14)28-19(30)17-10-15(22(24,25)26)6-9-18(17)23/h6,9-11,14,16H,3-5,7-8,12H2,1-2H3,(H,28,30)/t14-,16-. The lowest BCUT2D eigenvalue weighted by molar-refractivity contribution is -0.137. The van der Waals surface area contributed by atoms with Crippen LogP contribution >= 0.6 is 11.6 Å². The molecule has 0 atom stereocenters. The van der Waals surface area contributed by atoms with Crippen LogP contribution < -0.4 is 10.1 Å². The highest BCUT2D eigenvalue weighted by Gasteiger charge is 2.32. The molecule has 1 fully saturated rings. The third kappa shape index (κ3) is 6.40. The van der Waals surface area contributed by atoms with Gasteiger partial charge in [-0.1, -0.05) is 11.6 Å². The number of halogens is 4. The lowest BCUT2D eigenvalue weighted by Crippen LogP contribution is -2.38. The van der Waals surface area contributed by atoms with Gasteiger partial charge in [0.25, 0.3) is 5.91 Å². The molecule has 33 heavy (non-hydrogen) atoms. The van der Waals surface area contributed by atoms with E-state index >= 15 is 0 Å². The van der Waals surface area contributed by atoms with Crippen molar-refractivity contribution in [1.29, 1.82) is 0 Å². The van der Waals surface area contributed by atoms with Crippen molar-refractivity contribution in [2.24, 2.45) is 5.92 Å². The number of hydrogen-bond donors (Lipinski definition) is 1. The molecule has 1 aromatic carbocycles. The zero-order valence-electron chi connectivity index (χ0n) is 18.2. The van der Waals surface area contributed by atoms with E-state index < -0.39 is 23.8 Å². The van der Waals surface area contributed by atoms with Crippen molar-refractivity contribution in [3.63, 3.8) is 0 Å². The molecule has 1 heterocycles. The number of carbonyl (C=O) groups is 2. The number of alkyl halides is 3. The molecule has 3 rings (SSSR count). The zero-order valence-corrected chi connectivity index (χ0v) is 19.0. The van der Waals surface area contributed by atoms with Gasteiger partial charge in [-0.2, -0.15) is 18.3 Å². The van der Waals surface area contributed by atoms with E-state index in [0.717, 1.165) is 31.0 Å². The fourth-order valence-electron chi connectivity index (χ4n) is 3.83. The van der Waals surface area contributed by atoms with Crippen LogP contribution in [0.3, 0.4) is 0 Å². The summed E-state index contributed by atoms with van der Waals surface area (Å²) in [6.45, 7) is 4.20. The van der Waals surface area contributed by atoms with Gasteiger partial charge < -0.3 is 14.8 Å². The summed E-state index contributed by atoms with van der Waals surface area (Å²) < 4.78 is 50.6. The lowest BCUT2D eigenvalue weighted by Gasteiger charge is -2.29. The Kier molecular flexibility index (Phi) is 7.88. The molecule has 0 saturated heterocycles. The SMILES string of the molecule is CCOC(=O)Oc1c(C)cnn1C[C@H]1CC[C@H](NC(=O)c2cc(C(F)(F)F)ccc2Cl)CC1. The Morgan fingerprint density at radius 1 is 1.24 bits per heavy atom. The van der Waals surface area contributed by atoms with Crippen molar-refractivity contribution in [2.45, 2.75) is 58.3 Å². The lowest BCUT2D eigenvalue weighted by atomic mass is 9.86. The van der Waals surface area contributed by atoms with Crippen LogP contribution in [0, 0.1) is 12.8 Å². The summed E-state index contributed by atoms with van der Waals surface area (Å²) in [5, 5.41) is 7.04. The number of rotatable bonds is 6. The monoisotopic (exact) mass is 487 g/mol. The number of benzene rings is 1. The Morgan fingerprint density at radius 3 is 2.58 bits per heavy atom. The number of nitrogens with one attached hydrogen (secondary N) is 1. The van der Waals surface area contributed by atoms with Crippen LogP contribution in [0.15, 0.2) is 24.4 Å². The van der Waals surface area contributed by atoms with Gasteiger partial charge in [-0.05, 0) is 63.6 Å². The van der Waals surface area contributed by atoms with Crippen LogP contribution in [-0.4, -0.2) is 34.5 Å². The second kappa shape index (κ2) is 10.5. The van der Waals surface area contributed by atoms with Gasteiger partial charge in [0.05, 0.1) is 29.0 Å². The van der Waals surface area contributed by atoms with E-state index in [1.807, 2.05) is 0 Å². The van der Waals surface area contributed by atoms with E-state index in [4.69, 9.17) is 21.1 Å². The van der Waals surface area contributed by atoms with E-state index in [0.29, 0.717) is 30.8 Å². The molecule has 0 radical (unpaired) electrons. The van der Waals surface area contributed by atoms with Gasteiger partial charge in [0.15, 0.2) is 0 Å². The Balaban J connectivity index is 1.56. The summed E-state index contributed by atoms with van der Waals surface area (Å²) in [7, 11) is 0. The van der Waals surface area contributed by atoms with E-state index in [9.17, 15) is 22.8 Å². The quantitative estimate of drug-likeness (QED) is 0.552. The molecule has 180 valence electrons. The van der Waals surface area contributed by atoms with Gasteiger partial charge in [-0.15, -0.1) is 0 Å². The molecule has 1 aliphatic carbocycles. The fourth-order valence-corrected chi connectivity index (χ4v) is 4.03. The maximum absolute atomic E-state index is 13.0. The third-order valence-electron chi connectivity index (χ3n) is 5.56. The highest BCUT2D eigenvalue weighted by Crippen LogP contribution is 2.32. The second-order valence-corrected chi connectivity index (χ2v) is 8.39. The number of hydrogen-bond acceptors (Lipinski definition) is 5. The first-order valence-corrected chi connectivity index (χ1v) is 11.0. The minimum Gasteiger partial charge on any atom is -0.434 e. The number of ether oxygens (including phenoxy) is 2. The summed E-state index contributed by atoms with van der Waals surface area (Å²) in [6.07, 6.45) is -0.903. The summed E-state index contributed by atoms with van der Waals surface area (Å²) in [4.78, 5) is 24.2. The molecule has 0 aliphatic heterocycles. The smallest absolute Gasteiger partial charge is 0.434 e. The first-order valence-electron chi connectivity index (χ1n) is 10.6. The van der Waals surface area contributed by atoms with E-state index in [1.54, 1.807) is 24.7 Å². The molecule has 1 aromatic heterocycles. The summed E-state index contributed by atoms with van der Waals surface area (Å²) in [5.74, 6) is -0.0513. The van der Waals surface area contributed by atoms with Crippen LogP contribution in [0.1, 0.15) is 54.1 Å². The number of nitrogens with zero attached hydrogens (tertiary/aromatic N) is 2. The van der Waals surface area contributed by atoms with Crippen molar-refractivity contribution in [1.82, 2.24) is 15.1 Å². The number of aryl methyl sites for hydroxylation is 1. The molecule has 0 unspecified atom stereocenters. The van der Waals surface area contributed by atoms with Gasteiger partial charge in [0, 0.05) is 18.2 Å². The Labute approximate surface area is 194 Å². The molecule has 7 nitrogen and oxygen atoms in total. The average Bonchev–Trinajstić information content (AvgIpc) is 3.08. The molecule has 11 heteroatoms. The normalized spacial score (nSPS) is 18.6. The summed E-state index contributed by atoms with van der Waals surface area (Å²) in [5.41, 5.74) is -0.403. The topological polar surface area (TPSA) is 82.4 Å². The van der Waals surface area contributed by atoms with Gasteiger partial charge in [-0.25, -0.2) is 9.48 Å². The molecule has 1 amide bonds. The molecular formula is C22H25ClF3N3O4. The van der Waals surface area contributed by atoms with Crippen LogP contribution in [0.4, 0.5) is 18.0 Å².